The Balaban J connectivity index is 1.52. The first-order chi connectivity index (χ1) is 8.76. The molecule has 5 heteroatoms. The number of hydrogen-bond acceptors (Lipinski definition) is 5. The van der Waals surface area contributed by atoms with Crippen LogP contribution in [0, 0.1) is 17.8 Å². The molecule has 0 spiro atoms. The Morgan fingerprint density at radius 3 is 2.89 bits per heavy atom. The third kappa shape index (κ3) is 2.23. The van der Waals surface area contributed by atoms with Gasteiger partial charge in [0, 0.05) is 6.54 Å². The lowest BCUT2D eigenvalue weighted by Crippen LogP contribution is -2.20. The highest BCUT2D eigenvalue weighted by molar-refractivity contribution is 5.18. The molecular formula is C13H22N4O. The van der Waals surface area contributed by atoms with Crippen molar-refractivity contribution < 1.29 is 4.42 Å². The second kappa shape index (κ2) is 4.88. The smallest absolute Gasteiger partial charge is 0.315 e. The molecule has 4 atom stereocenters. The number of nitrogens with zero attached hydrogens (tertiary/aromatic N) is 2. The van der Waals surface area contributed by atoms with Gasteiger partial charge in [-0.15, -0.1) is 5.10 Å². The molecule has 4 unspecified atom stereocenters. The molecule has 0 saturated heterocycles. The predicted molar refractivity (Wildman–Crippen MR) is 69.2 cm³/mol. The Morgan fingerprint density at radius 1 is 1.33 bits per heavy atom. The summed E-state index contributed by atoms with van der Waals surface area (Å²) in [5.74, 6) is 3.37. The van der Waals surface area contributed by atoms with E-state index >= 15 is 0 Å². The maximum atomic E-state index is 5.58. The number of nitrogens with one attached hydrogen (secondary N) is 2. The van der Waals surface area contributed by atoms with Gasteiger partial charge in [-0.25, -0.2) is 0 Å². The molecule has 2 aliphatic rings. The summed E-state index contributed by atoms with van der Waals surface area (Å²) >= 11 is 0. The summed E-state index contributed by atoms with van der Waals surface area (Å²) in [6.07, 6.45) is 5.69. The van der Waals surface area contributed by atoms with Gasteiger partial charge in [0.25, 0.3) is 0 Å². The van der Waals surface area contributed by atoms with Crippen LogP contribution in [0.3, 0.4) is 0 Å². The molecule has 2 N–H and O–H groups in total. The molecule has 2 saturated carbocycles. The van der Waals surface area contributed by atoms with Crippen LogP contribution in [0.2, 0.25) is 0 Å². The Morgan fingerprint density at radius 2 is 2.22 bits per heavy atom. The van der Waals surface area contributed by atoms with E-state index in [4.69, 9.17) is 4.42 Å². The molecule has 2 fully saturated rings. The van der Waals surface area contributed by atoms with Gasteiger partial charge in [-0.3, -0.25) is 0 Å². The Kier molecular flexibility index (Phi) is 3.24. The maximum absolute atomic E-state index is 5.58. The zero-order chi connectivity index (χ0) is 12.5. The van der Waals surface area contributed by atoms with Gasteiger partial charge in [0.05, 0.1) is 6.04 Å². The first kappa shape index (κ1) is 12.0. The third-order valence-electron chi connectivity index (χ3n) is 4.64. The number of anilines is 1. The molecule has 18 heavy (non-hydrogen) atoms. The quantitative estimate of drug-likeness (QED) is 0.838. The molecule has 2 aliphatic carbocycles. The first-order valence-corrected chi connectivity index (χ1v) is 7.00. The molecule has 0 amide bonds. The van der Waals surface area contributed by atoms with Crippen LogP contribution in [0.5, 0.6) is 0 Å². The second-order valence-corrected chi connectivity index (χ2v) is 5.77. The van der Waals surface area contributed by atoms with Gasteiger partial charge in [0.15, 0.2) is 0 Å². The molecule has 3 rings (SSSR count). The summed E-state index contributed by atoms with van der Waals surface area (Å²) in [4.78, 5) is 0. The predicted octanol–water partition coefficient (Wildman–Crippen LogP) is 2.20. The number of hydrogen-bond donors (Lipinski definition) is 2. The van der Waals surface area contributed by atoms with E-state index in [-0.39, 0.29) is 6.04 Å². The SMILES string of the molecule is CNC(C)c1nnc(NCC2CC3CCC2C3)o1. The highest BCUT2D eigenvalue weighted by Gasteiger charge is 2.39. The maximum Gasteiger partial charge on any atom is 0.315 e. The molecule has 1 aromatic rings. The van der Waals surface area contributed by atoms with Crippen LogP contribution in [0.4, 0.5) is 6.01 Å². The van der Waals surface area contributed by atoms with E-state index in [2.05, 4.69) is 20.8 Å². The molecule has 0 radical (unpaired) electrons. The molecule has 0 aliphatic heterocycles. The summed E-state index contributed by atoms with van der Waals surface area (Å²) in [5, 5.41) is 14.5. The average Bonchev–Trinajstić information content (AvgIpc) is 3.10. The molecule has 2 bridgehead atoms. The van der Waals surface area contributed by atoms with Gasteiger partial charge >= 0.3 is 6.01 Å². The molecule has 0 aromatic carbocycles. The van der Waals surface area contributed by atoms with Crippen LogP contribution in [-0.4, -0.2) is 23.8 Å². The summed E-state index contributed by atoms with van der Waals surface area (Å²) in [6, 6.07) is 0.672. The normalized spacial score (nSPS) is 31.8. The van der Waals surface area contributed by atoms with Crippen LogP contribution in [0.1, 0.15) is 44.5 Å². The van der Waals surface area contributed by atoms with E-state index in [1.54, 1.807) is 0 Å². The summed E-state index contributed by atoms with van der Waals surface area (Å²) in [7, 11) is 1.89. The van der Waals surface area contributed by atoms with E-state index in [1.807, 2.05) is 14.0 Å². The third-order valence-corrected chi connectivity index (χ3v) is 4.64. The van der Waals surface area contributed by atoms with E-state index in [0.29, 0.717) is 11.9 Å². The van der Waals surface area contributed by atoms with Crippen molar-refractivity contribution in [1.82, 2.24) is 15.5 Å². The number of aromatic nitrogens is 2. The zero-order valence-electron chi connectivity index (χ0n) is 11.1. The van der Waals surface area contributed by atoms with Gasteiger partial charge in [0.1, 0.15) is 0 Å². The van der Waals surface area contributed by atoms with Gasteiger partial charge < -0.3 is 15.1 Å². The van der Waals surface area contributed by atoms with Crippen LogP contribution in [0.25, 0.3) is 0 Å². The van der Waals surface area contributed by atoms with E-state index in [9.17, 15) is 0 Å². The Hall–Kier alpha value is -1.10. The monoisotopic (exact) mass is 250 g/mol. The standard InChI is InChI=1S/C13H22N4O/c1-8(14-2)12-16-17-13(18-12)15-7-11-6-9-3-4-10(11)5-9/h8-11,14H,3-7H2,1-2H3,(H,15,17). The van der Waals surface area contributed by atoms with Crippen LogP contribution in [-0.2, 0) is 0 Å². The van der Waals surface area contributed by atoms with Crippen LogP contribution < -0.4 is 10.6 Å². The van der Waals surface area contributed by atoms with Gasteiger partial charge in [-0.05, 0) is 51.0 Å². The topological polar surface area (TPSA) is 63.0 Å². The Bertz CT molecular complexity index is 405. The highest BCUT2D eigenvalue weighted by Crippen LogP contribution is 2.48. The van der Waals surface area contributed by atoms with Crippen molar-refractivity contribution in [3.63, 3.8) is 0 Å². The highest BCUT2D eigenvalue weighted by atomic mass is 16.4. The fourth-order valence-electron chi connectivity index (χ4n) is 3.45. The summed E-state index contributed by atoms with van der Waals surface area (Å²) < 4.78 is 5.58. The fraction of sp³-hybridized carbons (Fsp3) is 0.846. The van der Waals surface area contributed by atoms with Crippen molar-refractivity contribution >= 4 is 6.01 Å². The van der Waals surface area contributed by atoms with Crippen molar-refractivity contribution in [2.45, 2.75) is 38.6 Å². The van der Waals surface area contributed by atoms with E-state index in [0.717, 1.165) is 24.3 Å². The van der Waals surface area contributed by atoms with Crippen molar-refractivity contribution in [2.75, 3.05) is 18.9 Å². The molecule has 100 valence electrons. The minimum atomic E-state index is 0.107. The minimum Gasteiger partial charge on any atom is -0.406 e. The zero-order valence-corrected chi connectivity index (χ0v) is 11.1. The first-order valence-electron chi connectivity index (χ1n) is 7.00. The lowest BCUT2D eigenvalue weighted by Gasteiger charge is -2.21. The molecule has 5 nitrogen and oxygen atoms in total. The molecule has 1 aromatic heterocycles. The van der Waals surface area contributed by atoms with Gasteiger partial charge in [-0.1, -0.05) is 11.5 Å². The van der Waals surface area contributed by atoms with Crippen LogP contribution >= 0.6 is 0 Å². The lowest BCUT2D eigenvalue weighted by molar-refractivity contribution is 0.345. The number of fused-ring (bicyclic) bond motifs is 2. The fourth-order valence-corrected chi connectivity index (χ4v) is 3.45. The molecular weight excluding hydrogens is 228 g/mol. The van der Waals surface area contributed by atoms with Crippen molar-refractivity contribution in [1.29, 1.82) is 0 Å². The largest absolute Gasteiger partial charge is 0.406 e. The number of rotatable bonds is 5. The Labute approximate surface area is 108 Å². The second-order valence-electron chi connectivity index (χ2n) is 5.77. The summed E-state index contributed by atoms with van der Waals surface area (Å²) in [6.45, 7) is 2.99. The van der Waals surface area contributed by atoms with Crippen molar-refractivity contribution in [3.05, 3.63) is 5.89 Å². The lowest BCUT2D eigenvalue weighted by atomic mass is 9.89. The van der Waals surface area contributed by atoms with Gasteiger partial charge in [-0.2, -0.15) is 0 Å². The average molecular weight is 250 g/mol. The van der Waals surface area contributed by atoms with E-state index in [1.165, 1.54) is 25.7 Å². The van der Waals surface area contributed by atoms with Crippen molar-refractivity contribution in [3.8, 4) is 0 Å². The van der Waals surface area contributed by atoms with Gasteiger partial charge in [0.2, 0.25) is 5.89 Å². The van der Waals surface area contributed by atoms with Crippen LogP contribution in [0.15, 0.2) is 4.42 Å². The minimum absolute atomic E-state index is 0.107. The van der Waals surface area contributed by atoms with E-state index < -0.39 is 0 Å². The molecule has 1 heterocycles. The summed E-state index contributed by atoms with van der Waals surface area (Å²) in [5.41, 5.74) is 0. The van der Waals surface area contributed by atoms with Crippen molar-refractivity contribution in [2.24, 2.45) is 17.8 Å².